The van der Waals surface area contributed by atoms with Crippen molar-refractivity contribution in [2.45, 2.75) is 45.7 Å². The van der Waals surface area contributed by atoms with Crippen LogP contribution in [0, 0.1) is 11.3 Å². The molecule has 2 fully saturated rings. The fourth-order valence-corrected chi connectivity index (χ4v) is 5.26. The molecular weight excluding hydrogens is 361 g/mol. The molecule has 1 saturated heterocycles. The minimum Gasteiger partial charge on any atom is -0.422 e. The second-order valence-electron chi connectivity index (χ2n) is 7.68. The monoisotopic (exact) mass is 381 g/mol. The van der Waals surface area contributed by atoms with E-state index in [1.165, 1.54) is 0 Å². The van der Waals surface area contributed by atoms with E-state index in [0.717, 1.165) is 19.4 Å². The summed E-state index contributed by atoms with van der Waals surface area (Å²) in [6.45, 7) is 6.85. The van der Waals surface area contributed by atoms with Crippen LogP contribution in [0.5, 0.6) is 0 Å². The van der Waals surface area contributed by atoms with E-state index >= 15 is 0 Å². The normalized spacial score (nSPS) is 27.7. The number of aromatic nitrogens is 1. The number of piperidine rings is 1. The van der Waals surface area contributed by atoms with Gasteiger partial charge in [0.2, 0.25) is 5.91 Å². The molecule has 1 aliphatic carbocycles. The summed E-state index contributed by atoms with van der Waals surface area (Å²) in [5, 5.41) is 4.14. The minimum absolute atomic E-state index is 0.0249. The predicted octanol–water partition coefficient (Wildman–Crippen LogP) is 4.26. The summed E-state index contributed by atoms with van der Waals surface area (Å²) >= 11 is 12.3. The van der Waals surface area contributed by atoms with Crippen LogP contribution in [0.4, 0.5) is 6.01 Å². The molecule has 134 valence electrons. The Morgan fingerprint density at radius 1 is 1.40 bits per heavy atom. The minimum atomic E-state index is -0.0567. The number of carbonyl (C=O) groups is 1. The average molecular weight is 382 g/mol. The molecule has 1 saturated carbocycles. The first-order valence-electron chi connectivity index (χ1n) is 8.58. The molecule has 1 amide bonds. The first-order valence-corrected chi connectivity index (χ1v) is 9.34. The van der Waals surface area contributed by atoms with Crippen molar-refractivity contribution in [1.29, 1.82) is 0 Å². The van der Waals surface area contributed by atoms with Gasteiger partial charge in [-0.25, -0.2) is 0 Å². The largest absolute Gasteiger partial charge is 0.422 e. The quantitative estimate of drug-likeness (QED) is 0.843. The van der Waals surface area contributed by atoms with Gasteiger partial charge in [-0.2, -0.15) is 4.98 Å². The highest BCUT2D eigenvalue weighted by Crippen LogP contribution is 2.53. The van der Waals surface area contributed by atoms with Gasteiger partial charge in [0, 0.05) is 41.9 Å². The number of hydrogen-bond donors (Lipinski definition) is 1. The number of hydrogen-bond acceptors (Lipinski definition) is 4. The van der Waals surface area contributed by atoms with E-state index in [4.69, 9.17) is 27.6 Å². The zero-order valence-electron chi connectivity index (χ0n) is 14.5. The Morgan fingerprint density at radius 2 is 2.16 bits per heavy atom. The number of anilines is 1. The van der Waals surface area contributed by atoms with Gasteiger partial charge in [0.15, 0.2) is 5.58 Å². The van der Waals surface area contributed by atoms with Gasteiger partial charge in [-0.05, 0) is 25.0 Å². The molecule has 0 bridgehead atoms. The third-order valence-electron chi connectivity index (χ3n) is 5.67. The summed E-state index contributed by atoms with van der Waals surface area (Å²) in [6.07, 6.45) is 2.14. The van der Waals surface area contributed by atoms with Crippen molar-refractivity contribution >= 4 is 46.2 Å². The Balaban J connectivity index is 1.69. The number of nitrogens with one attached hydrogen (secondary N) is 1. The number of rotatable bonds is 2. The van der Waals surface area contributed by atoms with Crippen molar-refractivity contribution < 1.29 is 9.21 Å². The van der Waals surface area contributed by atoms with Gasteiger partial charge in [-0.1, -0.05) is 37.0 Å². The molecule has 4 rings (SSSR count). The van der Waals surface area contributed by atoms with Crippen LogP contribution in [-0.4, -0.2) is 29.5 Å². The summed E-state index contributed by atoms with van der Waals surface area (Å²) in [6, 6.07) is 4.48. The summed E-state index contributed by atoms with van der Waals surface area (Å²) in [7, 11) is 0. The highest BCUT2D eigenvalue weighted by Gasteiger charge is 2.60. The Kier molecular flexibility index (Phi) is 3.92. The molecule has 3 atom stereocenters. The smallest absolute Gasteiger partial charge is 0.298 e. The Hall–Kier alpha value is -1.46. The first-order chi connectivity index (χ1) is 11.8. The van der Waals surface area contributed by atoms with Crippen LogP contribution in [0.25, 0.3) is 11.1 Å². The Bertz CT molecular complexity index is 848. The van der Waals surface area contributed by atoms with Crippen LogP contribution >= 0.6 is 23.2 Å². The van der Waals surface area contributed by atoms with Crippen molar-refractivity contribution in [2.24, 2.45) is 11.3 Å². The number of fused-ring (bicyclic) bond motifs is 2. The van der Waals surface area contributed by atoms with Crippen molar-refractivity contribution in [3.8, 4) is 0 Å². The van der Waals surface area contributed by atoms with Gasteiger partial charge < -0.3 is 14.6 Å². The van der Waals surface area contributed by atoms with Crippen LogP contribution in [-0.2, 0) is 4.79 Å². The third kappa shape index (κ3) is 2.59. The molecule has 5 nitrogen and oxygen atoms in total. The standard InChI is InChI=1S/C18H21Cl2N3O2/c1-9(24)21-15-11-5-4-6-23(16(11)18(15,2)3)17-22-13-8-10(19)7-12(20)14(13)25-17/h7-8,11,15-16H,4-6H2,1-3H3,(H,21,24). The SMILES string of the molecule is CC(=O)NC1C2CCCN(c3nc4cc(Cl)cc(Cl)c4o3)C2C1(C)C. The molecule has 1 N–H and O–H groups in total. The first kappa shape index (κ1) is 17.0. The summed E-state index contributed by atoms with van der Waals surface area (Å²) in [5.74, 6) is 0.429. The summed E-state index contributed by atoms with van der Waals surface area (Å²) < 4.78 is 5.99. The lowest BCUT2D eigenvalue weighted by Gasteiger charge is -2.63. The maximum absolute atomic E-state index is 11.6. The molecule has 25 heavy (non-hydrogen) atoms. The highest BCUT2D eigenvalue weighted by molar-refractivity contribution is 6.38. The van der Waals surface area contributed by atoms with E-state index in [9.17, 15) is 4.79 Å². The Labute approximate surface area is 156 Å². The maximum Gasteiger partial charge on any atom is 0.298 e. The van der Waals surface area contributed by atoms with Crippen LogP contribution in [0.3, 0.4) is 0 Å². The number of benzene rings is 1. The van der Waals surface area contributed by atoms with Gasteiger partial charge >= 0.3 is 0 Å². The number of carbonyl (C=O) groups excluding carboxylic acids is 1. The van der Waals surface area contributed by atoms with E-state index in [2.05, 4.69) is 29.0 Å². The van der Waals surface area contributed by atoms with E-state index < -0.39 is 0 Å². The molecule has 1 aromatic heterocycles. The van der Waals surface area contributed by atoms with E-state index in [-0.39, 0.29) is 23.4 Å². The molecule has 2 aromatic rings. The topological polar surface area (TPSA) is 58.4 Å². The van der Waals surface area contributed by atoms with Gasteiger partial charge in [-0.15, -0.1) is 0 Å². The van der Waals surface area contributed by atoms with Crippen molar-refractivity contribution in [3.63, 3.8) is 0 Å². The molecule has 2 heterocycles. The van der Waals surface area contributed by atoms with Crippen molar-refractivity contribution in [1.82, 2.24) is 10.3 Å². The zero-order chi connectivity index (χ0) is 17.9. The molecule has 0 spiro atoms. The van der Waals surface area contributed by atoms with E-state index in [1.807, 2.05) is 0 Å². The van der Waals surface area contributed by atoms with Crippen molar-refractivity contribution in [2.75, 3.05) is 11.4 Å². The fourth-order valence-electron chi connectivity index (χ4n) is 4.74. The van der Waals surface area contributed by atoms with E-state index in [0.29, 0.717) is 33.1 Å². The van der Waals surface area contributed by atoms with Crippen LogP contribution in [0.2, 0.25) is 10.0 Å². The van der Waals surface area contributed by atoms with Crippen molar-refractivity contribution in [3.05, 3.63) is 22.2 Å². The maximum atomic E-state index is 11.6. The lowest BCUT2D eigenvalue weighted by molar-refractivity contribution is -0.125. The molecule has 2 aliphatic rings. The van der Waals surface area contributed by atoms with Gasteiger partial charge in [0.1, 0.15) is 5.52 Å². The van der Waals surface area contributed by atoms with Gasteiger partial charge in [-0.3, -0.25) is 4.79 Å². The number of oxazole rings is 1. The third-order valence-corrected chi connectivity index (χ3v) is 6.17. The van der Waals surface area contributed by atoms with Gasteiger partial charge in [0.25, 0.3) is 6.01 Å². The zero-order valence-corrected chi connectivity index (χ0v) is 16.0. The summed E-state index contributed by atoms with van der Waals surface area (Å²) in [5.41, 5.74) is 1.18. The second-order valence-corrected chi connectivity index (χ2v) is 8.52. The van der Waals surface area contributed by atoms with Gasteiger partial charge in [0.05, 0.1) is 5.02 Å². The fraction of sp³-hybridized carbons (Fsp3) is 0.556. The molecule has 1 aromatic carbocycles. The molecule has 7 heteroatoms. The second kappa shape index (κ2) is 5.78. The van der Waals surface area contributed by atoms with Crippen LogP contribution in [0.1, 0.15) is 33.6 Å². The molecule has 0 radical (unpaired) electrons. The predicted molar refractivity (Wildman–Crippen MR) is 99.3 cm³/mol. The van der Waals surface area contributed by atoms with Crippen LogP contribution in [0.15, 0.2) is 16.5 Å². The highest BCUT2D eigenvalue weighted by atomic mass is 35.5. The summed E-state index contributed by atoms with van der Waals surface area (Å²) in [4.78, 5) is 18.4. The average Bonchev–Trinajstić information content (AvgIpc) is 2.96. The lowest BCUT2D eigenvalue weighted by atomic mass is 9.52. The number of amides is 1. The number of nitrogens with zero attached hydrogens (tertiary/aromatic N) is 2. The van der Waals surface area contributed by atoms with Crippen LogP contribution < -0.4 is 10.2 Å². The lowest BCUT2D eigenvalue weighted by Crippen LogP contribution is -2.74. The molecule has 3 unspecified atom stereocenters. The molecule has 1 aliphatic heterocycles. The van der Waals surface area contributed by atoms with E-state index in [1.54, 1.807) is 19.1 Å². The number of halogens is 2. The molecular formula is C18H21Cl2N3O2. The Morgan fingerprint density at radius 3 is 2.88 bits per heavy atom.